The van der Waals surface area contributed by atoms with Gasteiger partial charge in [0.2, 0.25) is 0 Å². The highest BCUT2D eigenvalue weighted by Gasteiger charge is 2.27. The number of carbonyl (C=O) groups is 1. The average molecular weight is 303 g/mol. The van der Waals surface area contributed by atoms with Gasteiger partial charge in [-0.05, 0) is 32.8 Å². The second kappa shape index (κ2) is 6.87. The van der Waals surface area contributed by atoms with Gasteiger partial charge in [-0.15, -0.1) is 0 Å². The van der Waals surface area contributed by atoms with Crippen molar-refractivity contribution in [1.82, 2.24) is 5.32 Å². The third-order valence-corrected chi connectivity index (χ3v) is 3.81. The molecule has 116 valence electrons. The molecule has 1 heterocycles. The van der Waals surface area contributed by atoms with Crippen LogP contribution in [0, 0.1) is 0 Å². The van der Waals surface area contributed by atoms with Crippen molar-refractivity contribution < 1.29 is 4.79 Å². The van der Waals surface area contributed by atoms with Crippen molar-refractivity contribution in [3.8, 4) is 0 Å². The molecule has 1 aromatic carbocycles. The summed E-state index contributed by atoms with van der Waals surface area (Å²) in [5.41, 5.74) is 4.30. The molecular formula is C20H22BNO. The predicted octanol–water partition coefficient (Wildman–Crippen LogP) is 3.00. The Morgan fingerprint density at radius 2 is 2.13 bits per heavy atom. The molecule has 1 aliphatic heterocycles. The van der Waals surface area contributed by atoms with Crippen LogP contribution in [0.5, 0.6) is 0 Å². The van der Waals surface area contributed by atoms with Crippen molar-refractivity contribution in [2.45, 2.75) is 32.7 Å². The first kappa shape index (κ1) is 17.1. The second-order valence-electron chi connectivity index (χ2n) is 6.36. The summed E-state index contributed by atoms with van der Waals surface area (Å²) in [6.07, 6.45) is 9.52. The van der Waals surface area contributed by atoms with E-state index in [1.807, 2.05) is 25.1 Å². The Bertz CT molecular complexity index is 723. The number of hydrogen-bond acceptors (Lipinski definition) is 2. The van der Waals surface area contributed by atoms with E-state index in [0.29, 0.717) is 5.57 Å². The minimum atomic E-state index is -0.125. The number of allylic oxidation sites excluding steroid dienone is 6. The number of hydrogen-bond donors (Lipinski definition) is 1. The first-order chi connectivity index (χ1) is 10.9. The van der Waals surface area contributed by atoms with E-state index in [1.165, 1.54) is 0 Å². The topological polar surface area (TPSA) is 29.1 Å². The average Bonchev–Trinajstić information content (AvgIpc) is 2.46. The van der Waals surface area contributed by atoms with Crippen LogP contribution in [0.3, 0.4) is 0 Å². The molecule has 0 bridgehead atoms. The minimum Gasteiger partial charge on any atom is -0.379 e. The summed E-state index contributed by atoms with van der Waals surface area (Å²) >= 11 is 0. The molecule has 2 rings (SSSR count). The quantitative estimate of drug-likeness (QED) is 0.526. The zero-order valence-electron chi connectivity index (χ0n) is 14.0. The summed E-state index contributed by atoms with van der Waals surface area (Å²) in [5, 5.41) is 3.46. The van der Waals surface area contributed by atoms with Crippen molar-refractivity contribution in [3.63, 3.8) is 0 Å². The van der Waals surface area contributed by atoms with E-state index in [1.54, 1.807) is 30.4 Å². The van der Waals surface area contributed by atoms with Gasteiger partial charge >= 0.3 is 0 Å². The van der Waals surface area contributed by atoms with E-state index in [-0.39, 0.29) is 11.3 Å². The van der Waals surface area contributed by atoms with Crippen molar-refractivity contribution >= 4 is 24.8 Å². The first-order valence-corrected chi connectivity index (χ1v) is 7.74. The highest BCUT2D eigenvalue weighted by molar-refractivity contribution is 6.32. The fraction of sp³-hybridized carbons (Fsp3) is 0.250. The van der Waals surface area contributed by atoms with Crippen molar-refractivity contribution in [2.24, 2.45) is 0 Å². The first-order valence-electron chi connectivity index (χ1n) is 7.74. The normalized spacial score (nSPS) is 18.6. The Balaban J connectivity index is 2.44. The van der Waals surface area contributed by atoms with Crippen LogP contribution in [-0.4, -0.2) is 19.2 Å². The number of benzene rings is 1. The maximum absolute atomic E-state index is 12.5. The molecule has 0 atom stereocenters. The molecule has 0 saturated carbocycles. The largest absolute Gasteiger partial charge is 0.379 e. The van der Waals surface area contributed by atoms with Crippen LogP contribution in [0.25, 0.3) is 5.70 Å². The van der Waals surface area contributed by atoms with Gasteiger partial charge in [-0.2, -0.15) is 0 Å². The fourth-order valence-electron chi connectivity index (χ4n) is 2.80. The van der Waals surface area contributed by atoms with Crippen molar-refractivity contribution in [1.29, 1.82) is 0 Å². The van der Waals surface area contributed by atoms with Crippen molar-refractivity contribution in [3.05, 3.63) is 71.9 Å². The zero-order valence-corrected chi connectivity index (χ0v) is 14.0. The number of fused-ring (bicyclic) bond motifs is 1. The molecule has 2 radical (unpaired) electrons. The van der Waals surface area contributed by atoms with E-state index >= 15 is 0 Å². The van der Waals surface area contributed by atoms with E-state index in [0.717, 1.165) is 28.7 Å². The summed E-state index contributed by atoms with van der Waals surface area (Å²) in [4.78, 5) is 12.5. The van der Waals surface area contributed by atoms with Crippen LogP contribution < -0.4 is 10.8 Å². The molecule has 3 heteroatoms. The maximum atomic E-state index is 12.5. The van der Waals surface area contributed by atoms with Crippen LogP contribution in [0.4, 0.5) is 0 Å². The third-order valence-electron chi connectivity index (χ3n) is 3.81. The molecule has 0 amide bonds. The Hall–Kier alpha value is -2.29. The lowest BCUT2D eigenvalue weighted by Crippen LogP contribution is -2.44. The van der Waals surface area contributed by atoms with Crippen LogP contribution in [0.2, 0.25) is 0 Å². The van der Waals surface area contributed by atoms with Gasteiger partial charge in [0.05, 0.1) is 0 Å². The second-order valence-corrected chi connectivity index (χ2v) is 6.36. The molecule has 0 spiro atoms. The Labute approximate surface area is 140 Å². The molecule has 0 aliphatic carbocycles. The molecule has 1 aliphatic rings. The maximum Gasteiger partial charge on any atom is 0.187 e. The van der Waals surface area contributed by atoms with E-state index in [2.05, 4.69) is 25.7 Å². The van der Waals surface area contributed by atoms with Gasteiger partial charge in [-0.3, -0.25) is 4.79 Å². The van der Waals surface area contributed by atoms with Gasteiger partial charge < -0.3 is 5.32 Å². The highest BCUT2D eigenvalue weighted by Crippen LogP contribution is 2.29. The SMILES string of the molecule is [B]c1ccc2c(c1)CC(C)(C)N/C2=C\C(=O)C(/C=C\C=C)=C/C. The van der Waals surface area contributed by atoms with Gasteiger partial charge in [0.25, 0.3) is 0 Å². The highest BCUT2D eigenvalue weighted by atomic mass is 16.1. The predicted molar refractivity (Wildman–Crippen MR) is 98.8 cm³/mol. The van der Waals surface area contributed by atoms with Gasteiger partial charge in [0.15, 0.2) is 5.78 Å². The monoisotopic (exact) mass is 303 g/mol. The minimum absolute atomic E-state index is 0.0337. The number of carbonyl (C=O) groups excluding carboxylic acids is 1. The Morgan fingerprint density at radius 3 is 2.78 bits per heavy atom. The molecule has 0 aromatic heterocycles. The molecule has 2 nitrogen and oxygen atoms in total. The molecule has 1 N–H and O–H groups in total. The summed E-state index contributed by atoms with van der Waals surface area (Å²) in [5.74, 6) is -0.0337. The molecule has 0 fully saturated rings. The summed E-state index contributed by atoms with van der Waals surface area (Å²) < 4.78 is 0. The number of rotatable bonds is 4. The molecule has 0 unspecified atom stereocenters. The van der Waals surface area contributed by atoms with Gasteiger partial charge in [0, 0.05) is 28.4 Å². The van der Waals surface area contributed by atoms with E-state index in [4.69, 9.17) is 7.85 Å². The molecule has 0 saturated heterocycles. The Kier molecular flexibility index (Phi) is 5.10. The van der Waals surface area contributed by atoms with Crippen LogP contribution in [0.1, 0.15) is 31.9 Å². The Morgan fingerprint density at radius 1 is 1.39 bits per heavy atom. The zero-order chi connectivity index (χ0) is 17.0. The lowest BCUT2D eigenvalue weighted by Gasteiger charge is -2.36. The van der Waals surface area contributed by atoms with Crippen LogP contribution in [0.15, 0.2) is 60.7 Å². The lowest BCUT2D eigenvalue weighted by molar-refractivity contribution is -0.111. The van der Waals surface area contributed by atoms with Gasteiger partial charge in [0.1, 0.15) is 7.85 Å². The van der Waals surface area contributed by atoms with E-state index in [9.17, 15) is 4.79 Å². The smallest absolute Gasteiger partial charge is 0.187 e. The van der Waals surface area contributed by atoms with Crippen molar-refractivity contribution in [2.75, 3.05) is 0 Å². The van der Waals surface area contributed by atoms with Crippen LogP contribution in [-0.2, 0) is 11.2 Å². The summed E-state index contributed by atoms with van der Waals surface area (Å²) in [6.45, 7) is 9.72. The fourth-order valence-corrected chi connectivity index (χ4v) is 2.80. The summed E-state index contributed by atoms with van der Waals surface area (Å²) in [7, 11) is 5.91. The summed E-state index contributed by atoms with van der Waals surface area (Å²) in [6, 6.07) is 5.83. The molecule has 1 aromatic rings. The molecular weight excluding hydrogens is 281 g/mol. The lowest BCUT2D eigenvalue weighted by atomic mass is 9.82. The van der Waals surface area contributed by atoms with E-state index < -0.39 is 0 Å². The molecule has 23 heavy (non-hydrogen) atoms. The number of ketones is 1. The van der Waals surface area contributed by atoms with Gasteiger partial charge in [-0.25, -0.2) is 0 Å². The number of nitrogens with one attached hydrogen (secondary N) is 1. The van der Waals surface area contributed by atoms with Crippen LogP contribution >= 0.6 is 0 Å². The standard InChI is InChI=1S/C20H22BNO/c1-5-7-8-14(6-2)19(23)12-18-17-10-9-16(21)11-15(17)13-20(3,4)22-18/h5-12,22H,1,13H2,2-4H3/b8-7-,14-6+,18-12-. The van der Waals surface area contributed by atoms with Gasteiger partial charge in [-0.1, -0.05) is 54.5 Å². The third kappa shape index (κ3) is 4.13.